The largest absolute Gasteiger partial charge is 0.381 e. The fourth-order valence-electron chi connectivity index (χ4n) is 0.890. The second-order valence-electron chi connectivity index (χ2n) is 2.79. The Labute approximate surface area is 86.7 Å². The molecule has 0 saturated heterocycles. The van der Waals surface area contributed by atoms with Gasteiger partial charge in [0.15, 0.2) is 0 Å². The van der Waals surface area contributed by atoms with Crippen molar-refractivity contribution in [3.63, 3.8) is 0 Å². The molecule has 12 heavy (non-hydrogen) atoms. The molecule has 0 radical (unpaired) electrons. The van der Waals surface area contributed by atoms with E-state index in [0.29, 0.717) is 12.6 Å². The van der Waals surface area contributed by atoms with Gasteiger partial charge in [0.05, 0.1) is 0 Å². The number of rotatable bonds is 3. The predicted octanol–water partition coefficient (Wildman–Crippen LogP) is 2.05. The molecule has 0 spiro atoms. The van der Waals surface area contributed by atoms with Gasteiger partial charge in [0.2, 0.25) is 0 Å². The van der Waals surface area contributed by atoms with Gasteiger partial charge in [-0.2, -0.15) is 0 Å². The lowest BCUT2D eigenvalue weighted by Crippen LogP contribution is -2.24. The number of anilines is 1. The Morgan fingerprint density at radius 2 is 2.00 bits per heavy atom. The summed E-state index contributed by atoms with van der Waals surface area (Å²) in [7, 11) is 0. The Morgan fingerprint density at radius 3 is 2.50 bits per heavy atom. The van der Waals surface area contributed by atoms with E-state index in [-0.39, 0.29) is 0 Å². The first-order valence-corrected chi connectivity index (χ1v) is 5.02. The lowest BCUT2D eigenvalue weighted by molar-refractivity contribution is 0.804. The highest BCUT2D eigenvalue weighted by molar-refractivity contribution is 14.1. The average Bonchev–Trinajstić information content (AvgIpc) is 2.09. The van der Waals surface area contributed by atoms with Gasteiger partial charge in [-0.15, -0.1) is 0 Å². The Bertz CT molecular complexity index is 233. The summed E-state index contributed by atoms with van der Waals surface area (Å²) in [5.41, 5.74) is 6.62. The molecule has 0 saturated carbocycles. The molecule has 0 fully saturated rings. The summed E-state index contributed by atoms with van der Waals surface area (Å²) in [4.78, 5) is 0. The predicted molar refractivity (Wildman–Crippen MR) is 61.3 cm³/mol. The molecule has 0 bridgehead atoms. The molecule has 1 unspecified atom stereocenters. The summed E-state index contributed by atoms with van der Waals surface area (Å²) in [5, 5.41) is 3.29. The number of nitrogens with two attached hydrogens (primary N) is 1. The van der Waals surface area contributed by atoms with Crippen LogP contribution in [0.4, 0.5) is 5.69 Å². The van der Waals surface area contributed by atoms with E-state index < -0.39 is 0 Å². The maximum atomic E-state index is 5.49. The van der Waals surface area contributed by atoms with Crippen molar-refractivity contribution in [2.75, 3.05) is 11.9 Å². The minimum Gasteiger partial charge on any atom is -0.381 e. The molecule has 66 valence electrons. The van der Waals surface area contributed by atoms with Gasteiger partial charge in [0, 0.05) is 21.8 Å². The molecule has 0 aromatic heterocycles. The van der Waals surface area contributed by atoms with Crippen LogP contribution in [0.25, 0.3) is 0 Å². The number of hydrogen-bond acceptors (Lipinski definition) is 2. The Morgan fingerprint density at radius 1 is 1.42 bits per heavy atom. The summed E-state index contributed by atoms with van der Waals surface area (Å²) in [6.45, 7) is 2.73. The van der Waals surface area contributed by atoms with Crippen molar-refractivity contribution in [2.24, 2.45) is 5.73 Å². The lowest BCUT2D eigenvalue weighted by atomic mass is 10.3. The third-order valence-corrected chi connectivity index (χ3v) is 2.33. The van der Waals surface area contributed by atoms with Gasteiger partial charge in [-0.3, -0.25) is 0 Å². The molecule has 0 aliphatic heterocycles. The van der Waals surface area contributed by atoms with Crippen LogP contribution in [-0.2, 0) is 0 Å². The molecule has 2 nitrogen and oxygen atoms in total. The van der Waals surface area contributed by atoms with Crippen molar-refractivity contribution in [1.82, 2.24) is 0 Å². The van der Waals surface area contributed by atoms with Gasteiger partial charge in [-0.25, -0.2) is 0 Å². The number of nitrogens with one attached hydrogen (secondary N) is 1. The first-order valence-electron chi connectivity index (χ1n) is 3.94. The van der Waals surface area contributed by atoms with Crippen LogP contribution < -0.4 is 11.1 Å². The van der Waals surface area contributed by atoms with Crippen LogP contribution >= 0.6 is 22.6 Å². The molecule has 1 aromatic rings. The van der Waals surface area contributed by atoms with Crippen molar-refractivity contribution in [2.45, 2.75) is 13.0 Å². The standard InChI is InChI=1S/C9H13IN2/c1-7(6-11)12-9-4-2-8(10)3-5-9/h2-5,7,12H,6,11H2,1H3. The van der Waals surface area contributed by atoms with Crippen LogP contribution in [0.3, 0.4) is 0 Å². The monoisotopic (exact) mass is 276 g/mol. The van der Waals surface area contributed by atoms with Crippen molar-refractivity contribution >= 4 is 28.3 Å². The summed E-state index contributed by atoms with van der Waals surface area (Å²) in [6, 6.07) is 8.62. The van der Waals surface area contributed by atoms with E-state index in [4.69, 9.17) is 5.73 Å². The maximum Gasteiger partial charge on any atom is 0.0355 e. The van der Waals surface area contributed by atoms with E-state index in [0.717, 1.165) is 5.69 Å². The third-order valence-electron chi connectivity index (χ3n) is 1.61. The van der Waals surface area contributed by atoms with Crippen LogP contribution in [0.2, 0.25) is 0 Å². The minimum absolute atomic E-state index is 0.338. The quantitative estimate of drug-likeness (QED) is 0.829. The molecule has 0 amide bonds. The Balaban J connectivity index is 2.58. The maximum absolute atomic E-state index is 5.49. The van der Waals surface area contributed by atoms with Gasteiger partial charge in [0.25, 0.3) is 0 Å². The van der Waals surface area contributed by atoms with E-state index in [1.807, 2.05) is 0 Å². The zero-order chi connectivity index (χ0) is 8.97. The first kappa shape index (κ1) is 9.80. The molecule has 0 heterocycles. The van der Waals surface area contributed by atoms with Gasteiger partial charge < -0.3 is 11.1 Å². The van der Waals surface area contributed by atoms with Gasteiger partial charge in [-0.1, -0.05) is 0 Å². The van der Waals surface area contributed by atoms with Crippen LogP contribution in [0.15, 0.2) is 24.3 Å². The van der Waals surface area contributed by atoms with Crippen molar-refractivity contribution in [3.05, 3.63) is 27.8 Å². The Kier molecular flexibility index (Phi) is 3.81. The fourth-order valence-corrected chi connectivity index (χ4v) is 1.25. The molecule has 1 atom stereocenters. The lowest BCUT2D eigenvalue weighted by Gasteiger charge is -2.12. The summed E-state index contributed by atoms with van der Waals surface area (Å²) in [5.74, 6) is 0. The van der Waals surface area contributed by atoms with E-state index in [1.54, 1.807) is 0 Å². The molecule has 0 aliphatic carbocycles. The fraction of sp³-hybridized carbons (Fsp3) is 0.333. The third kappa shape index (κ3) is 2.98. The second kappa shape index (κ2) is 4.67. The average molecular weight is 276 g/mol. The van der Waals surface area contributed by atoms with E-state index >= 15 is 0 Å². The zero-order valence-electron chi connectivity index (χ0n) is 7.05. The van der Waals surface area contributed by atoms with Crippen molar-refractivity contribution in [1.29, 1.82) is 0 Å². The van der Waals surface area contributed by atoms with Crippen LogP contribution in [0, 0.1) is 3.57 Å². The highest BCUT2D eigenvalue weighted by Crippen LogP contribution is 2.11. The molecular formula is C9H13IN2. The summed E-state index contributed by atoms with van der Waals surface area (Å²) >= 11 is 2.29. The van der Waals surface area contributed by atoms with Gasteiger partial charge in [0.1, 0.15) is 0 Å². The van der Waals surface area contributed by atoms with E-state index in [1.165, 1.54) is 3.57 Å². The van der Waals surface area contributed by atoms with Crippen molar-refractivity contribution in [3.8, 4) is 0 Å². The second-order valence-corrected chi connectivity index (χ2v) is 4.03. The molecule has 3 heteroatoms. The highest BCUT2D eigenvalue weighted by Gasteiger charge is 1.97. The van der Waals surface area contributed by atoms with Gasteiger partial charge in [-0.05, 0) is 53.8 Å². The topological polar surface area (TPSA) is 38.0 Å². The Hall–Kier alpha value is -0.290. The van der Waals surface area contributed by atoms with Crippen LogP contribution in [0.1, 0.15) is 6.92 Å². The molecule has 3 N–H and O–H groups in total. The number of hydrogen-bond donors (Lipinski definition) is 2. The molecule has 1 aromatic carbocycles. The molecular weight excluding hydrogens is 263 g/mol. The van der Waals surface area contributed by atoms with Crippen LogP contribution in [-0.4, -0.2) is 12.6 Å². The van der Waals surface area contributed by atoms with Crippen LogP contribution in [0.5, 0.6) is 0 Å². The zero-order valence-corrected chi connectivity index (χ0v) is 9.21. The van der Waals surface area contributed by atoms with E-state index in [2.05, 4.69) is 59.1 Å². The molecule has 1 rings (SSSR count). The SMILES string of the molecule is CC(CN)Nc1ccc(I)cc1. The minimum atomic E-state index is 0.338. The smallest absolute Gasteiger partial charge is 0.0355 e. The number of halogens is 1. The van der Waals surface area contributed by atoms with Gasteiger partial charge >= 0.3 is 0 Å². The summed E-state index contributed by atoms with van der Waals surface area (Å²) in [6.07, 6.45) is 0. The highest BCUT2D eigenvalue weighted by atomic mass is 127. The van der Waals surface area contributed by atoms with E-state index in [9.17, 15) is 0 Å². The number of benzene rings is 1. The van der Waals surface area contributed by atoms with Crippen molar-refractivity contribution < 1.29 is 0 Å². The normalized spacial score (nSPS) is 12.6. The first-order chi connectivity index (χ1) is 5.72. The summed E-state index contributed by atoms with van der Waals surface area (Å²) < 4.78 is 1.25. The molecule has 0 aliphatic rings.